The van der Waals surface area contributed by atoms with Gasteiger partial charge in [0, 0.05) is 31.0 Å². The maximum Gasteiger partial charge on any atom is 0.132 e. The summed E-state index contributed by atoms with van der Waals surface area (Å²) in [5.74, 6) is 2.30. The van der Waals surface area contributed by atoms with E-state index in [2.05, 4.69) is 70.3 Å². The minimum absolute atomic E-state index is 0.0555. The molecule has 0 amide bonds. The number of hydrogen-bond acceptors (Lipinski definition) is 5. The van der Waals surface area contributed by atoms with Crippen LogP contribution in [-0.2, 0) is 12.0 Å². The van der Waals surface area contributed by atoms with Crippen molar-refractivity contribution >= 4 is 5.82 Å². The number of aromatic amines is 1. The van der Waals surface area contributed by atoms with Gasteiger partial charge in [-0.2, -0.15) is 5.10 Å². The SMILES string of the molecule is Cc1nc([C@H]2CCCNC2)cc(N(C)Cc2cc(C(C)(C)C)n[nH]2)n1. The van der Waals surface area contributed by atoms with E-state index in [-0.39, 0.29) is 5.41 Å². The van der Waals surface area contributed by atoms with E-state index in [1.165, 1.54) is 12.8 Å². The number of H-pyrrole nitrogens is 1. The van der Waals surface area contributed by atoms with E-state index in [1.807, 2.05) is 6.92 Å². The van der Waals surface area contributed by atoms with E-state index in [1.54, 1.807) is 0 Å². The summed E-state index contributed by atoms with van der Waals surface area (Å²) >= 11 is 0. The molecule has 3 heterocycles. The first-order valence-electron chi connectivity index (χ1n) is 9.15. The summed E-state index contributed by atoms with van der Waals surface area (Å²) in [5, 5.41) is 11.1. The Balaban J connectivity index is 1.76. The van der Waals surface area contributed by atoms with Gasteiger partial charge in [-0.1, -0.05) is 20.8 Å². The smallest absolute Gasteiger partial charge is 0.132 e. The lowest BCUT2D eigenvalue weighted by molar-refractivity contribution is 0.453. The average molecular weight is 342 g/mol. The molecule has 25 heavy (non-hydrogen) atoms. The highest BCUT2D eigenvalue weighted by Gasteiger charge is 2.20. The first-order valence-corrected chi connectivity index (χ1v) is 9.15. The molecule has 0 saturated carbocycles. The molecule has 2 aromatic heterocycles. The summed E-state index contributed by atoms with van der Waals surface area (Å²) in [4.78, 5) is 11.5. The average Bonchev–Trinajstić information content (AvgIpc) is 3.04. The Hall–Kier alpha value is -1.95. The second kappa shape index (κ2) is 7.12. The van der Waals surface area contributed by atoms with Crippen LogP contribution in [0.5, 0.6) is 0 Å². The number of aryl methyl sites for hydroxylation is 1. The molecule has 1 atom stereocenters. The molecule has 0 radical (unpaired) electrons. The van der Waals surface area contributed by atoms with Crippen molar-refractivity contribution in [1.82, 2.24) is 25.5 Å². The fraction of sp³-hybridized carbons (Fsp3) is 0.632. The van der Waals surface area contributed by atoms with E-state index in [0.29, 0.717) is 5.92 Å². The lowest BCUT2D eigenvalue weighted by atomic mass is 9.92. The maximum atomic E-state index is 4.69. The maximum absolute atomic E-state index is 4.69. The molecule has 3 rings (SSSR count). The molecule has 6 nitrogen and oxygen atoms in total. The Morgan fingerprint density at radius 1 is 1.24 bits per heavy atom. The van der Waals surface area contributed by atoms with Crippen LogP contribution >= 0.6 is 0 Å². The van der Waals surface area contributed by atoms with Gasteiger partial charge < -0.3 is 10.2 Å². The third kappa shape index (κ3) is 4.37. The number of aromatic nitrogens is 4. The van der Waals surface area contributed by atoms with Gasteiger partial charge in [-0.05, 0) is 32.4 Å². The van der Waals surface area contributed by atoms with Crippen LogP contribution in [0.3, 0.4) is 0 Å². The van der Waals surface area contributed by atoms with Gasteiger partial charge in [-0.15, -0.1) is 0 Å². The molecular weight excluding hydrogens is 312 g/mol. The second-order valence-electron chi connectivity index (χ2n) is 8.13. The number of nitrogens with zero attached hydrogens (tertiary/aromatic N) is 4. The second-order valence-corrected chi connectivity index (χ2v) is 8.13. The highest BCUT2D eigenvalue weighted by atomic mass is 15.2. The van der Waals surface area contributed by atoms with Crippen molar-refractivity contribution in [3.8, 4) is 0 Å². The monoisotopic (exact) mass is 342 g/mol. The molecule has 1 fully saturated rings. The van der Waals surface area contributed by atoms with Gasteiger partial charge in [0.25, 0.3) is 0 Å². The Labute approximate surface area is 150 Å². The largest absolute Gasteiger partial charge is 0.354 e. The van der Waals surface area contributed by atoms with Crippen LogP contribution in [0, 0.1) is 6.92 Å². The molecule has 1 saturated heterocycles. The van der Waals surface area contributed by atoms with Crippen LogP contribution < -0.4 is 10.2 Å². The van der Waals surface area contributed by atoms with Crippen LogP contribution in [0.4, 0.5) is 5.82 Å². The third-order valence-corrected chi connectivity index (χ3v) is 4.76. The summed E-state index contributed by atoms with van der Waals surface area (Å²) in [6.07, 6.45) is 2.41. The highest BCUT2D eigenvalue weighted by molar-refractivity contribution is 5.40. The molecule has 0 aliphatic carbocycles. The Bertz CT molecular complexity index is 709. The number of hydrogen-bond donors (Lipinski definition) is 2. The van der Waals surface area contributed by atoms with Crippen molar-refractivity contribution in [2.45, 2.75) is 58.4 Å². The van der Waals surface area contributed by atoms with E-state index in [4.69, 9.17) is 0 Å². The molecule has 2 N–H and O–H groups in total. The molecule has 0 aromatic carbocycles. The van der Waals surface area contributed by atoms with Crippen LogP contribution in [-0.4, -0.2) is 40.3 Å². The van der Waals surface area contributed by atoms with Crippen molar-refractivity contribution < 1.29 is 0 Å². The topological polar surface area (TPSA) is 69.7 Å². The standard InChI is InChI=1S/C19H30N6/c1-13-21-16(14-7-6-8-20-11-14)10-18(22-13)25(5)12-15-9-17(24-23-15)19(2,3)4/h9-10,14,20H,6-8,11-12H2,1-5H3,(H,23,24)/t14-/m0/s1. The summed E-state index contributed by atoms with van der Waals surface area (Å²) in [7, 11) is 2.07. The van der Waals surface area contributed by atoms with Crippen LogP contribution in [0.2, 0.25) is 0 Å². The van der Waals surface area contributed by atoms with Crippen LogP contribution in [0.15, 0.2) is 12.1 Å². The minimum Gasteiger partial charge on any atom is -0.354 e. The van der Waals surface area contributed by atoms with E-state index in [9.17, 15) is 0 Å². The molecule has 1 aliphatic heterocycles. The zero-order valence-electron chi connectivity index (χ0n) is 16.1. The zero-order chi connectivity index (χ0) is 18.0. The molecule has 0 spiro atoms. The van der Waals surface area contributed by atoms with Crippen molar-refractivity contribution in [2.75, 3.05) is 25.0 Å². The van der Waals surface area contributed by atoms with Gasteiger partial charge in [-0.25, -0.2) is 9.97 Å². The van der Waals surface area contributed by atoms with Crippen LogP contribution in [0.25, 0.3) is 0 Å². The predicted molar refractivity (Wildman–Crippen MR) is 101 cm³/mol. The Morgan fingerprint density at radius 3 is 2.68 bits per heavy atom. The fourth-order valence-electron chi connectivity index (χ4n) is 3.25. The number of anilines is 1. The van der Waals surface area contributed by atoms with Gasteiger partial charge in [0.15, 0.2) is 0 Å². The van der Waals surface area contributed by atoms with Gasteiger partial charge >= 0.3 is 0 Å². The summed E-state index contributed by atoms with van der Waals surface area (Å²) < 4.78 is 0. The first kappa shape index (κ1) is 17.9. The fourth-order valence-corrected chi connectivity index (χ4v) is 3.25. The molecule has 1 aliphatic rings. The minimum atomic E-state index is 0.0555. The van der Waals surface area contributed by atoms with Crippen molar-refractivity contribution in [2.24, 2.45) is 0 Å². The number of rotatable bonds is 4. The zero-order valence-corrected chi connectivity index (χ0v) is 16.1. The molecule has 2 aromatic rings. The Kier molecular flexibility index (Phi) is 5.08. The third-order valence-electron chi connectivity index (χ3n) is 4.76. The van der Waals surface area contributed by atoms with E-state index in [0.717, 1.165) is 48.4 Å². The van der Waals surface area contributed by atoms with Gasteiger partial charge in [0.2, 0.25) is 0 Å². The van der Waals surface area contributed by atoms with Crippen molar-refractivity contribution in [3.05, 3.63) is 35.0 Å². The van der Waals surface area contributed by atoms with Gasteiger partial charge in [0.1, 0.15) is 11.6 Å². The molecule has 6 heteroatoms. The summed E-state index contributed by atoms with van der Waals surface area (Å²) in [6, 6.07) is 4.29. The van der Waals surface area contributed by atoms with Crippen molar-refractivity contribution in [3.63, 3.8) is 0 Å². The highest BCUT2D eigenvalue weighted by Crippen LogP contribution is 2.25. The van der Waals surface area contributed by atoms with Gasteiger partial charge in [0.05, 0.1) is 23.6 Å². The molecule has 0 unspecified atom stereocenters. The predicted octanol–water partition coefficient (Wildman–Crippen LogP) is 2.91. The number of piperidine rings is 1. The normalized spacial score (nSPS) is 18.4. The summed E-state index contributed by atoms with van der Waals surface area (Å²) in [5.41, 5.74) is 3.40. The van der Waals surface area contributed by atoms with E-state index < -0.39 is 0 Å². The molecular formula is C19H30N6. The van der Waals surface area contributed by atoms with E-state index >= 15 is 0 Å². The van der Waals surface area contributed by atoms with Gasteiger partial charge in [-0.3, -0.25) is 5.10 Å². The van der Waals surface area contributed by atoms with Crippen molar-refractivity contribution in [1.29, 1.82) is 0 Å². The number of nitrogens with one attached hydrogen (secondary N) is 2. The lowest BCUT2D eigenvalue weighted by Gasteiger charge is -2.24. The summed E-state index contributed by atoms with van der Waals surface area (Å²) in [6.45, 7) is 11.4. The van der Waals surface area contributed by atoms with Crippen LogP contribution in [0.1, 0.15) is 62.4 Å². The quantitative estimate of drug-likeness (QED) is 0.894. The first-order chi connectivity index (χ1) is 11.8. The molecule has 0 bridgehead atoms. The Morgan fingerprint density at radius 2 is 2.04 bits per heavy atom. The molecule has 136 valence electrons. The lowest BCUT2D eigenvalue weighted by Crippen LogP contribution is -2.29.